The predicted molar refractivity (Wildman–Crippen MR) is 131 cm³/mol. The Morgan fingerprint density at radius 3 is 2.53 bits per heavy atom. The second kappa shape index (κ2) is 8.05. The number of allylic oxidation sites excluding steroid dienone is 2. The van der Waals surface area contributed by atoms with Crippen molar-refractivity contribution in [3.63, 3.8) is 0 Å². The zero-order valence-corrected chi connectivity index (χ0v) is 20.1. The summed E-state index contributed by atoms with van der Waals surface area (Å²) in [6, 6.07) is 16.0. The summed E-state index contributed by atoms with van der Waals surface area (Å²) in [5, 5.41) is 0. The second-order valence-corrected chi connectivity index (χ2v) is 10.1. The molecule has 2 aliphatic heterocycles. The smallest absolute Gasteiger partial charge is 0.410 e. The molecule has 6 heteroatoms. The van der Waals surface area contributed by atoms with Crippen LogP contribution in [-0.2, 0) is 21.5 Å². The number of hydrogen-bond donors (Lipinski definition) is 0. The summed E-state index contributed by atoms with van der Waals surface area (Å²) in [6.07, 6.45) is 5.15. The molecule has 5 rings (SSSR count). The molecule has 0 N–H and O–H groups in total. The lowest BCUT2D eigenvalue weighted by Crippen LogP contribution is -2.50. The fourth-order valence-electron chi connectivity index (χ4n) is 5.65. The third kappa shape index (κ3) is 3.40. The van der Waals surface area contributed by atoms with Gasteiger partial charge in [0.05, 0.1) is 18.6 Å². The van der Waals surface area contributed by atoms with Gasteiger partial charge in [0.2, 0.25) is 0 Å². The molecule has 2 aromatic rings. The summed E-state index contributed by atoms with van der Waals surface area (Å²) in [7, 11) is 1.66. The molecule has 0 radical (unpaired) electrons. The van der Waals surface area contributed by atoms with Crippen LogP contribution in [0.4, 0.5) is 10.5 Å². The number of likely N-dealkylation sites (tertiary alicyclic amines) is 1. The number of nitrogens with zero attached hydrogens (tertiary/aromatic N) is 2. The normalized spacial score (nSPS) is 22.9. The van der Waals surface area contributed by atoms with Crippen molar-refractivity contribution >= 4 is 18.1 Å². The summed E-state index contributed by atoms with van der Waals surface area (Å²) in [5.74, 6) is 0.821. The molecule has 176 valence electrons. The molecule has 2 atom stereocenters. The molecule has 0 aromatic heterocycles. The average Bonchev–Trinajstić information content (AvgIpc) is 3.34. The molecule has 1 unspecified atom stereocenters. The largest absolute Gasteiger partial charge is 0.497 e. The molecule has 2 heterocycles. The van der Waals surface area contributed by atoms with Crippen molar-refractivity contribution < 1.29 is 19.1 Å². The summed E-state index contributed by atoms with van der Waals surface area (Å²) in [4.78, 5) is 29.5. The SMILES string of the molecule is COc1ccc(CN2C3=CC=C(C=O)C4N(C(=O)OC(C)(C)C)CC[C@]34c3ccccc32)cc1. The molecule has 1 aliphatic carbocycles. The third-order valence-corrected chi connectivity index (χ3v) is 6.96. The van der Waals surface area contributed by atoms with Crippen LogP contribution in [0.25, 0.3) is 0 Å². The van der Waals surface area contributed by atoms with Crippen LogP contribution in [0.3, 0.4) is 0 Å². The van der Waals surface area contributed by atoms with E-state index in [1.807, 2.05) is 51.1 Å². The van der Waals surface area contributed by atoms with Gasteiger partial charge in [-0.2, -0.15) is 0 Å². The first-order chi connectivity index (χ1) is 16.3. The molecule has 3 aliphatic rings. The van der Waals surface area contributed by atoms with Crippen LogP contribution >= 0.6 is 0 Å². The number of benzene rings is 2. The number of rotatable bonds is 4. The minimum absolute atomic E-state index is 0.380. The number of ether oxygens (including phenoxy) is 2. The molecular weight excluding hydrogens is 428 g/mol. The van der Waals surface area contributed by atoms with Gasteiger partial charge in [-0.1, -0.05) is 36.4 Å². The van der Waals surface area contributed by atoms with Crippen LogP contribution in [0.2, 0.25) is 0 Å². The highest BCUT2D eigenvalue weighted by molar-refractivity contribution is 5.86. The van der Waals surface area contributed by atoms with Gasteiger partial charge in [0, 0.05) is 30.0 Å². The zero-order valence-electron chi connectivity index (χ0n) is 20.1. The van der Waals surface area contributed by atoms with Gasteiger partial charge in [-0.25, -0.2) is 4.79 Å². The van der Waals surface area contributed by atoms with Crippen molar-refractivity contribution in [1.29, 1.82) is 0 Å². The number of carbonyl (C=O) groups excluding carboxylic acids is 2. The molecular formula is C28H30N2O4. The van der Waals surface area contributed by atoms with Crippen molar-refractivity contribution in [2.75, 3.05) is 18.6 Å². The monoisotopic (exact) mass is 458 g/mol. The van der Waals surface area contributed by atoms with Gasteiger partial charge in [0.15, 0.2) is 0 Å². The van der Waals surface area contributed by atoms with Gasteiger partial charge in [-0.05, 0) is 62.6 Å². The van der Waals surface area contributed by atoms with E-state index in [0.29, 0.717) is 18.7 Å². The van der Waals surface area contributed by atoms with Gasteiger partial charge in [0.25, 0.3) is 0 Å². The van der Waals surface area contributed by atoms with Crippen molar-refractivity contribution in [1.82, 2.24) is 4.90 Å². The van der Waals surface area contributed by atoms with E-state index in [0.717, 1.165) is 41.0 Å². The van der Waals surface area contributed by atoms with E-state index in [-0.39, 0.29) is 6.09 Å². The molecule has 0 saturated carbocycles. The number of methoxy groups -OCH3 is 1. The van der Waals surface area contributed by atoms with Gasteiger partial charge < -0.3 is 14.4 Å². The van der Waals surface area contributed by atoms with Crippen molar-refractivity contribution in [3.8, 4) is 5.75 Å². The molecule has 1 amide bonds. The molecule has 34 heavy (non-hydrogen) atoms. The Morgan fingerprint density at radius 2 is 1.85 bits per heavy atom. The summed E-state index contributed by atoms with van der Waals surface area (Å²) in [5.41, 5.74) is 4.04. The quantitative estimate of drug-likeness (QED) is 0.605. The van der Waals surface area contributed by atoms with Gasteiger partial charge in [0.1, 0.15) is 17.6 Å². The van der Waals surface area contributed by atoms with E-state index in [9.17, 15) is 9.59 Å². The number of amides is 1. The Kier molecular flexibility index (Phi) is 5.27. The van der Waals surface area contributed by atoms with Gasteiger partial charge in [-0.3, -0.25) is 9.69 Å². The highest BCUT2D eigenvalue weighted by Crippen LogP contribution is 2.59. The molecule has 1 fully saturated rings. The number of anilines is 1. The van der Waals surface area contributed by atoms with E-state index >= 15 is 0 Å². The summed E-state index contributed by atoms with van der Waals surface area (Å²) in [6.45, 7) is 6.79. The number of para-hydroxylation sites is 1. The van der Waals surface area contributed by atoms with E-state index in [4.69, 9.17) is 9.47 Å². The number of fused-ring (bicyclic) bond motifs is 1. The van der Waals surface area contributed by atoms with Crippen molar-refractivity contribution in [2.24, 2.45) is 0 Å². The Morgan fingerprint density at radius 1 is 1.12 bits per heavy atom. The van der Waals surface area contributed by atoms with Crippen LogP contribution in [0.1, 0.15) is 38.3 Å². The topological polar surface area (TPSA) is 59.1 Å². The Hall–Kier alpha value is -3.54. The van der Waals surface area contributed by atoms with E-state index in [2.05, 4.69) is 35.2 Å². The predicted octanol–water partition coefficient (Wildman–Crippen LogP) is 4.99. The first kappa shape index (κ1) is 22.3. The fourth-order valence-corrected chi connectivity index (χ4v) is 5.65. The minimum Gasteiger partial charge on any atom is -0.497 e. The van der Waals surface area contributed by atoms with E-state index in [1.165, 1.54) is 0 Å². The highest BCUT2D eigenvalue weighted by Gasteiger charge is 2.60. The van der Waals surface area contributed by atoms with E-state index in [1.54, 1.807) is 12.0 Å². The van der Waals surface area contributed by atoms with Crippen molar-refractivity contribution in [3.05, 3.63) is 83.1 Å². The summed E-state index contributed by atoms with van der Waals surface area (Å²) >= 11 is 0. The Balaban J connectivity index is 1.59. The average molecular weight is 459 g/mol. The van der Waals surface area contributed by atoms with Crippen LogP contribution in [0.5, 0.6) is 5.75 Å². The maximum atomic E-state index is 13.2. The maximum absolute atomic E-state index is 13.2. The standard InChI is InChI=1S/C28H30N2O4/c1-27(2,3)34-26(32)29-16-15-28-22-7-5-6-8-23(22)30(17-19-9-12-21(33-4)13-10-19)24(28)14-11-20(18-31)25(28)29/h5-14,18,25H,15-17H2,1-4H3/t25?,28-/m0/s1. The first-order valence-corrected chi connectivity index (χ1v) is 11.7. The van der Waals surface area contributed by atoms with E-state index < -0.39 is 17.1 Å². The third-order valence-electron chi connectivity index (χ3n) is 6.96. The molecule has 0 bridgehead atoms. The molecule has 1 saturated heterocycles. The van der Waals surface area contributed by atoms with Gasteiger partial charge >= 0.3 is 6.09 Å². The van der Waals surface area contributed by atoms with Crippen molar-refractivity contribution in [2.45, 2.75) is 50.8 Å². The fraction of sp³-hybridized carbons (Fsp3) is 0.357. The molecule has 1 spiro atoms. The Labute approximate surface area is 200 Å². The van der Waals surface area contributed by atoms with Gasteiger partial charge in [-0.15, -0.1) is 0 Å². The van der Waals surface area contributed by atoms with Crippen LogP contribution in [0.15, 0.2) is 72.0 Å². The molecule has 6 nitrogen and oxygen atoms in total. The minimum atomic E-state index is -0.612. The highest BCUT2D eigenvalue weighted by atomic mass is 16.6. The number of hydrogen-bond acceptors (Lipinski definition) is 5. The maximum Gasteiger partial charge on any atom is 0.410 e. The van der Waals surface area contributed by atoms with Crippen LogP contribution < -0.4 is 9.64 Å². The lowest BCUT2D eigenvalue weighted by atomic mass is 9.69. The lowest BCUT2D eigenvalue weighted by molar-refractivity contribution is -0.105. The van der Waals surface area contributed by atoms with Crippen LogP contribution in [0, 0.1) is 0 Å². The van der Waals surface area contributed by atoms with Crippen LogP contribution in [-0.4, -0.2) is 42.6 Å². The lowest BCUT2D eigenvalue weighted by Gasteiger charge is -2.40. The Bertz CT molecular complexity index is 1190. The second-order valence-electron chi connectivity index (χ2n) is 10.1. The zero-order chi connectivity index (χ0) is 24.1. The number of carbonyl (C=O) groups is 2. The number of aldehydes is 1. The summed E-state index contributed by atoms with van der Waals surface area (Å²) < 4.78 is 11.1. The first-order valence-electron chi connectivity index (χ1n) is 11.7. The molecule has 2 aromatic carbocycles.